The molecule has 0 spiro atoms. The minimum atomic E-state index is -0.433. The van der Waals surface area contributed by atoms with Gasteiger partial charge >= 0.3 is 6.09 Å². The number of benzene rings is 1. The van der Waals surface area contributed by atoms with E-state index in [-0.39, 0.29) is 6.09 Å². The van der Waals surface area contributed by atoms with Gasteiger partial charge in [-0.15, -0.1) is 0 Å². The second kappa shape index (κ2) is 7.68. The van der Waals surface area contributed by atoms with Crippen LogP contribution in [0.4, 0.5) is 4.79 Å². The minimum Gasteiger partial charge on any atom is -0.496 e. The van der Waals surface area contributed by atoms with Crippen molar-refractivity contribution in [2.24, 2.45) is 5.92 Å². The van der Waals surface area contributed by atoms with E-state index in [1.807, 2.05) is 39.0 Å². The van der Waals surface area contributed by atoms with Crippen molar-refractivity contribution in [2.45, 2.75) is 39.3 Å². The molecule has 1 heterocycles. The van der Waals surface area contributed by atoms with Crippen molar-refractivity contribution >= 4 is 6.09 Å². The first-order valence-electron chi connectivity index (χ1n) is 8.19. The molecule has 1 amide bonds. The standard InChI is InChI=1S/C18H28N2O3/c1-18(2,3)23-17(21)20-10-9-14(13-20)11-19-12-15-7-5-6-8-16(15)22-4/h5-8,14,19H,9-13H2,1-4H3. The first-order chi connectivity index (χ1) is 10.9. The zero-order valence-electron chi connectivity index (χ0n) is 14.6. The van der Waals surface area contributed by atoms with Crippen molar-refractivity contribution in [3.05, 3.63) is 29.8 Å². The highest BCUT2D eigenvalue weighted by Gasteiger charge is 2.29. The molecule has 0 radical (unpaired) electrons. The average Bonchev–Trinajstić information content (AvgIpc) is 2.95. The van der Waals surface area contributed by atoms with Crippen molar-refractivity contribution in [1.82, 2.24) is 10.2 Å². The molecule has 1 aliphatic heterocycles. The summed E-state index contributed by atoms with van der Waals surface area (Å²) in [5, 5.41) is 3.47. The van der Waals surface area contributed by atoms with Crippen LogP contribution in [0.3, 0.4) is 0 Å². The molecule has 1 aromatic carbocycles. The number of nitrogens with one attached hydrogen (secondary N) is 1. The largest absolute Gasteiger partial charge is 0.496 e. The van der Waals surface area contributed by atoms with E-state index in [4.69, 9.17) is 9.47 Å². The number of carbonyl (C=O) groups excluding carboxylic acids is 1. The molecule has 1 unspecified atom stereocenters. The van der Waals surface area contributed by atoms with E-state index in [0.717, 1.165) is 43.9 Å². The summed E-state index contributed by atoms with van der Waals surface area (Å²) in [6.45, 7) is 8.88. The Hall–Kier alpha value is -1.75. The fourth-order valence-corrected chi connectivity index (χ4v) is 2.75. The van der Waals surface area contributed by atoms with Crippen molar-refractivity contribution in [3.63, 3.8) is 0 Å². The molecule has 0 bridgehead atoms. The van der Waals surface area contributed by atoms with E-state index >= 15 is 0 Å². The summed E-state index contributed by atoms with van der Waals surface area (Å²) in [6.07, 6.45) is 0.808. The van der Waals surface area contributed by atoms with Gasteiger partial charge in [0.15, 0.2) is 0 Å². The van der Waals surface area contributed by atoms with Crippen LogP contribution in [0.5, 0.6) is 5.75 Å². The first kappa shape index (κ1) is 17.6. The van der Waals surface area contributed by atoms with Crippen molar-refractivity contribution in [3.8, 4) is 5.75 Å². The molecule has 1 aromatic rings. The summed E-state index contributed by atoms with van der Waals surface area (Å²) in [5.74, 6) is 1.37. The number of rotatable bonds is 5. The van der Waals surface area contributed by atoms with E-state index in [2.05, 4.69) is 11.4 Å². The Kier molecular flexibility index (Phi) is 5.88. The molecule has 2 rings (SSSR count). The van der Waals surface area contributed by atoms with Crippen molar-refractivity contribution < 1.29 is 14.3 Å². The Morgan fingerprint density at radius 3 is 2.78 bits per heavy atom. The third-order valence-electron chi connectivity index (χ3n) is 3.88. The molecule has 1 aliphatic rings. The lowest BCUT2D eigenvalue weighted by Gasteiger charge is -2.24. The van der Waals surface area contributed by atoms with Crippen LogP contribution in [-0.2, 0) is 11.3 Å². The Morgan fingerprint density at radius 1 is 1.35 bits per heavy atom. The number of likely N-dealkylation sites (tertiary alicyclic amines) is 1. The van der Waals surface area contributed by atoms with Crippen LogP contribution >= 0.6 is 0 Å². The van der Waals surface area contributed by atoms with Crippen LogP contribution in [0, 0.1) is 5.92 Å². The molecule has 128 valence electrons. The maximum absolute atomic E-state index is 12.1. The molecule has 0 aromatic heterocycles. The number of amides is 1. The summed E-state index contributed by atoms with van der Waals surface area (Å²) < 4.78 is 10.8. The number of hydrogen-bond donors (Lipinski definition) is 1. The second-order valence-corrected chi connectivity index (χ2v) is 7.02. The molecule has 1 atom stereocenters. The molecule has 0 saturated carbocycles. The van der Waals surface area contributed by atoms with Crippen molar-refractivity contribution in [1.29, 1.82) is 0 Å². The maximum atomic E-state index is 12.1. The van der Waals surface area contributed by atoms with Crippen LogP contribution in [0.1, 0.15) is 32.8 Å². The monoisotopic (exact) mass is 320 g/mol. The summed E-state index contributed by atoms with van der Waals surface area (Å²) >= 11 is 0. The predicted octanol–water partition coefficient (Wildman–Crippen LogP) is 3.04. The van der Waals surface area contributed by atoms with Gasteiger partial charge in [-0.1, -0.05) is 18.2 Å². The van der Waals surface area contributed by atoms with E-state index in [9.17, 15) is 4.79 Å². The van der Waals surface area contributed by atoms with Crippen LogP contribution in [-0.4, -0.2) is 43.3 Å². The molecular weight excluding hydrogens is 292 g/mol. The third kappa shape index (κ3) is 5.43. The lowest BCUT2D eigenvalue weighted by molar-refractivity contribution is 0.0288. The second-order valence-electron chi connectivity index (χ2n) is 7.02. The molecule has 5 heteroatoms. The number of hydrogen-bond acceptors (Lipinski definition) is 4. The fourth-order valence-electron chi connectivity index (χ4n) is 2.75. The molecule has 5 nitrogen and oxygen atoms in total. The zero-order valence-corrected chi connectivity index (χ0v) is 14.6. The number of methoxy groups -OCH3 is 1. The number of ether oxygens (including phenoxy) is 2. The van der Waals surface area contributed by atoms with Crippen LogP contribution in [0.15, 0.2) is 24.3 Å². The number of para-hydroxylation sites is 1. The highest BCUT2D eigenvalue weighted by molar-refractivity contribution is 5.68. The summed E-state index contributed by atoms with van der Waals surface area (Å²) in [7, 11) is 1.69. The maximum Gasteiger partial charge on any atom is 0.410 e. The fraction of sp³-hybridized carbons (Fsp3) is 0.611. The smallest absolute Gasteiger partial charge is 0.410 e. The zero-order chi connectivity index (χ0) is 16.9. The average molecular weight is 320 g/mol. The lowest BCUT2D eigenvalue weighted by Crippen LogP contribution is -2.36. The van der Waals surface area contributed by atoms with Gasteiger partial charge in [0.25, 0.3) is 0 Å². The summed E-state index contributed by atoms with van der Waals surface area (Å²) in [6, 6.07) is 8.02. The van der Waals surface area contributed by atoms with Gasteiger partial charge < -0.3 is 19.7 Å². The Bertz CT molecular complexity index is 525. The summed E-state index contributed by atoms with van der Waals surface area (Å²) in [5.41, 5.74) is 0.717. The highest BCUT2D eigenvalue weighted by atomic mass is 16.6. The lowest BCUT2D eigenvalue weighted by atomic mass is 10.1. The van der Waals surface area contributed by atoms with Gasteiger partial charge in [0.05, 0.1) is 7.11 Å². The van der Waals surface area contributed by atoms with Gasteiger partial charge in [0.1, 0.15) is 11.4 Å². The quantitative estimate of drug-likeness (QED) is 0.906. The molecule has 23 heavy (non-hydrogen) atoms. The van der Waals surface area contributed by atoms with Gasteiger partial charge in [0, 0.05) is 31.7 Å². The normalized spacial score (nSPS) is 18.1. The SMILES string of the molecule is COc1ccccc1CNCC1CCN(C(=O)OC(C)(C)C)C1. The Labute approximate surface area is 139 Å². The van der Waals surface area contributed by atoms with Gasteiger partial charge in [0.2, 0.25) is 0 Å². The highest BCUT2D eigenvalue weighted by Crippen LogP contribution is 2.20. The summed E-state index contributed by atoms with van der Waals surface area (Å²) in [4.78, 5) is 13.9. The van der Waals surface area contributed by atoms with Gasteiger partial charge in [-0.25, -0.2) is 4.79 Å². The molecule has 1 saturated heterocycles. The Balaban J connectivity index is 1.75. The minimum absolute atomic E-state index is 0.204. The van der Waals surface area contributed by atoms with E-state index in [1.54, 1.807) is 12.0 Å². The van der Waals surface area contributed by atoms with Gasteiger partial charge in [-0.05, 0) is 39.2 Å². The first-order valence-corrected chi connectivity index (χ1v) is 8.19. The van der Waals surface area contributed by atoms with Crippen LogP contribution in [0.25, 0.3) is 0 Å². The van der Waals surface area contributed by atoms with Crippen LogP contribution in [0.2, 0.25) is 0 Å². The molecular formula is C18H28N2O3. The molecule has 1 N–H and O–H groups in total. The van der Waals surface area contributed by atoms with Gasteiger partial charge in [-0.2, -0.15) is 0 Å². The van der Waals surface area contributed by atoms with Gasteiger partial charge in [-0.3, -0.25) is 0 Å². The Morgan fingerprint density at radius 2 is 2.09 bits per heavy atom. The molecule has 1 fully saturated rings. The number of nitrogens with zero attached hydrogens (tertiary/aromatic N) is 1. The van der Waals surface area contributed by atoms with E-state index in [0.29, 0.717) is 5.92 Å². The van der Waals surface area contributed by atoms with E-state index in [1.165, 1.54) is 0 Å². The predicted molar refractivity (Wildman–Crippen MR) is 90.6 cm³/mol. The van der Waals surface area contributed by atoms with E-state index < -0.39 is 5.60 Å². The topological polar surface area (TPSA) is 50.8 Å². The van der Waals surface area contributed by atoms with Crippen molar-refractivity contribution in [2.75, 3.05) is 26.7 Å². The molecule has 0 aliphatic carbocycles. The number of carbonyl (C=O) groups is 1. The third-order valence-corrected chi connectivity index (χ3v) is 3.88. The van der Waals surface area contributed by atoms with Crippen LogP contribution < -0.4 is 10.1 Å².